The number of para-hydroxylation sites is 4. The van der Waals surface area contributed by atoms with Crippen molar-refractivity contribution in [2.45, 2.75) is 0 Å². The number of hydrogen-bond donors (Lipinski definition) is 7. The number of H-pyrrole nitrogens is 3. The number of oxazole rings is 3. The van der Waals surface area contributed by atoms with Crippen LogP contribution in [0.2, 0.25) is 0 Å². The van der Waals surface area contributed by atoms with E-state index >= 15 is 0 Å². The van der Waals surface area contributed by atoms with Crippen LogP contribution in [-0.2, 0) is 0 Å². The monoisotopic (exact) mass is 1010 g/mol. The van der Waals surface area contributed by atoms with E-state index in [9.17, 15) is 24.3 Å². The van der Waals surface area contributed by atoms with Gasteiger partial charge in [0.05, 0.1) is 46.1 Å². The summed E-state index contributed by atoms with van der Waals surface area (Å²) in [6.45, 7) is 6.83. The average Bonchev–Trinajstić information content (AvgIpc) is 3.94. The Kier molecular flexibility index (Phi) is 15.6. The number of nitrogen functional groups attached to an aromatic ring is 1. The number of halogens is 3. The molecule has 8 N–H and O–H groups in total. The van der Waals surface area contributed by atoms with Crippen LogP contribution in [0.4, 0.5) is 27.5 Å². The van der Waals surface area contributed by atoms with Crippen molar-refractivity contribution in [3.8, 4) is 11.8 Å². The van der Waals surface area contributed by atoms with E-state index in [1.54, 1.807) is 54.6 Å². The van der Waals surface area contributed by atoms with Gasteiger partial charge in [-0.3, -0.25) is 15.0 Å². The van der Waals surface area contributed by atoms with Crippen LogP contribution in [0.15, 0.2) is 168 Å². The fraction of sp³-hybridized carbons (Fsp3) is 0. The Hall–Kier alpha value is -7.58. The Labute approximate surface area is 368 Å². The van der Waals surface area contributed by atoms with Gasteiger partial charge in [-0.05, 0) is 111 Å². The number of aromatic nitrogens is 3. The second-order valence-electron chi connectivity index (χ2n) is 11.9. The molecular weight excluding hydrogens is 984 g/mol. The molecule has 0 aliphatic rings. The summed E-state index contributed by atoms with van der Waals surface area (Å²) < 4.78 is 16.9. The predicted molar refractivity (Wildman–Crippen MR) is 243 cm³/mol. The van der Waals surface area contributed by atoms with Gasteiger partial charge in [0.1, 0.15) is 5.75 Å². The molecule has 3 aromatic heterocycles. The summed E-state index contributed by atoms with van der Waals surface area (Å²) in [6.07, 6.45) is 0. The number of nitriles is 1. The molecule has 0 atom stereocenters. The number of rotatable bonds is 2. The highest BCUT2D eigenvalue weighted by Crippen LogP contribution is 2.29. The number of urea groups is 1. The molecular formula is C42H29Br3N8O8. The van der Waals surface area contributed by atoms with E-state index in [1.807, 2.05) is 54.6 Å². The number of aromatic amines is 3. The van der Waals surface area contributed by atoms with Crippen molar-refractivity contribution in [2.24, 2.45) is 0 Å². The molecule has 3 heterocycles. The van der Waals surface area contributed by atoms with Crippen molar-refractivity contribution in [3.63, 3.8) is 0 Å². The second-order valence-corrected chi connectivity index (χ2v) is 14.5. The SMILES string of the molecule is N#Cc1ccc2[nH]c(=O)oc2c1.Nc1ccccc1Br.O=c1[nH]c2ccc(Br)cc2o1.O=c1[nH]c2ccccc2o1.[C-]#[N+]c1ccc(NC(=O)Nc2ccccc2Br)c(O)c1. The van der Waals surface area contributed by atoms with Crippen LogP contribution in [0.5, 0.6) is 5.75 Å². The molecule has 0 saturated heterocycles. The van der Waals surface area contributed by atoms with E-state index in [0.29, 0.717) is 39.2 Å². The van der Waals surface area contributed by atoms with Crippen molar-refractivity contribution < 1.29 is 23.2 Å². The molecule has 306 valence electrons. The predicted octanol–water partition coefficient (Wildman–Crippen LogP) is 10.4. The van der Waals surface area contributed by atoms with E-state index in [1.165, 1.54) is 24.3 Å². The Bertz CT molecular complexity index is 3150. The molecule has 0 aliphatic carbocycles. The third kappa shape index (κ3) is 13.2. The van der Waals surface area contributed by atoms with Gasteiger partial charge in [-0.25, -0.2) is 24.0 Å². The van der Waals surface area contributed by atoms with Gasteiger partial charge in [-0.15, -0.1) is 0 Å². The molecule has 0 saturated carbocycles. The van der Waals surface area contributed by atoms with Crippen molar-refractivity contribution in [3.05, 3.63) is 189 Å². The maximum absolute atomic E-state index is 11.8. The lowest BCUT2D eigenvalue weighted by atomic mass is 10.2. The van der Waals surface area contributed by atoms with Crippen molar-refractivity contribution >= 4 is 110 Å². The summed E-state index contributed by atoms with van der Waals surface area (Å²) in [5, 5.41) is 23.4. The number of phenols is 1. The van der Waals surface area contributed by atoms with Crippen molar-refractivity contribution in [2.75, 3.05) is 16.4 Å². The van der Waals surface area contributed by atoms with Crippen LogP contribution in [0.3, 0.4) is 0 Å². The number of carbonyl (C=O) groups is 1. The summed E-state index contributed by atoms with van der Waals surface area (Å²) in [6, 6.07) is 37.9. The number of benzene rings is 6. The third-order valence-electron chi connectivity index (χ3n) is 7.65. The third-order valence-corrected chi connectivity index (χ3v) is 9.55. The number of nitrogens with one attached hydrogen (secondary N) is 5. The molecule has 0 bridgehead atoms. The first-order valence-electron chi connectivity index (χ1n) is 17.2. The van der Waals surface area contributed by atoms with Gasteiger partial charge < -0.3 is 34.7 Å². The highest BCUT2D eigenvalue weighted by atomic mass is 79.9. The maximum Gasteiger partial charge on any atom is 0.417 e. The normalized spacial score (nSPS) is 9.92. The molecule has 19 heteroatoms. The zero-order valence-electron chi connectivity index (χ0n) is 31.0. The second kappa shape index (κ2) is 21.4. The van der Waals surface area contributed by atoms with Crippen LogP contribution in [-0.4, -0.2) is 26.1 Å². The van der Waals surface area contributed by atoms with Gasteiger partial charge in [0.2, 0.25) is 0 Å². The minimum absolute atomic E-state index is 0.152. The van der Waals surface area contributed by atoms with Gasteiger partial charge in [0.25, 0.3) is 0 Å². The number of nitrogens with zero attached hydrogens (tertiary/aromatic N) is 2. The van der Waals surface area contributed by atoms with Crippen LogP contribution in [0, 0.1) is 17.9 Å². The standard InChI is InChI=1S/C14H10BrN3O2.C8H4N2O2.C7H4BrNO2.C7H5NO2.C6H6BrN/c1-16-9-6-7-12(13(19)8-9)18-14(20)17-11-5-3-2-4-10(11)15;9-4-5-1-2-6-7(3-5)12-8(11)10-6;8-4-1-2-5-6(3-4)11-7(10)9-5;9-7-8-5-3-1-2-4-6(5)10-7;7-5-3-1-2-4-6(5)8/h2-8,19H,(H2,17,18,20);1-3H,(H,10,11);1-3H,(H,9,10);1-4H,(H,8,9);1-4H,8H2. The number of amides is 2. The van der Waals surface area contributed by atoms with Crippen LogP contribution < -0.4 is 33.6 Å². The molecule has 16 nitrogen and oxygen atoms in total. The maximum atomic E-state index is 11.8. The topological polar surface area (TPSA) is 254 Å². The number of aromatic hydroxyl groups is 1. The first-order valence-corrected chi connectivity index (χ1v) is 19.6. The smallest absolute Gasteiger partial charge is 0.417 e. The summed E-state index contributed by atoms with van der Waals surface area (Å²) in [7, 11) is 0. The minimum atomic E-state index is -0.500. The lowest BCUT2D eigenvalue weighted by Crippen LogP contribution is -2.19. The molecule has 6 aromatic carbocycles. The summed E-state index contributed by atoms with van der Waals surface area (Å²) in [5.41, 5.74) is 11.6. The Morgan fingerprint density at radius 2 is 1.20 bits per heavy atom. The zero-order valence-corrected chi connectivity index (χ0v) is 35.8. The minimum Gasteiger partial charge on any atom is -0.507 e. The first kappa shape index (κ1) is 44.5. The van der Waals surface area contributed by atoms with Crippen molar-refractivity contribution in [1.82, 2.24) is 15.0 Å². The van der Waals surface area contributed by atoms with Gasteiger partial charge in [-0.1, -0.05) is 58.4 Å². The molecule has 0 spiro atoms. The molecule has 0 radical (unpaired) electrons. The van der Waals surface area contributed by atoms with Crippen LogP contribution in [0.25, 0.3) is 38.1 Å². The molecule has 9 aromatic rings. The van der Waals surface area contributed by atoms with E-state index < -0.39 is 23.3 Å². The first-order chi connectivity index (χ1) is 29.3. The lowest BCUT2D eigenvalue weighted by molar-refractivity contribution is 0.262. The fourth-order valence-electron chi connectivity index (χ4n) is 4.84. The largest absolute Gasteiger partial charge is 0.507 e. The number of carbonyl (C=O) groups excluding carboxylic acids is 1. The van der Waals surface area contributed by atoms with Gasteiger partial charge >= 0.3 is 23.3 Å². The van der Waals surface area contributed by atoms with Gasteiger partial charge in [0.15, 0.2) is 22.4 Å². The van der Waals surface area contributed by atoms with Crippen molar-refractivity contribution in [1.29, 1.82) is 5.26 Å². The molecule has 9 rings (SSSR count). The molecule has 0 unspecified atom stereocenters. The molecule has 2 amide bonds. The Balaban J connectivity index is 0.000000150. The van der Waals surface area contributed by atoms with E-state index in [4.69, 9.17) is 30.8 Å². The number of fused-ring (bicyclic) bond motifs is 3. The van der Waals surface area contributed by atoms with E-state index in [0.717, 1.165) is 30.1 Å². The number of phenolic OH excluding ortho intramolecular Hbond substituents is 1. The highest BCUT2D eigenvalue weighted by Gasteiger charge is 2.09. The van der Waals surface area contributed by atoms with Crippen LogP contribution >= 0.6 is 47.8 Å². The Morgan fingerprint density at radius 3 is 1.77 bits per heavy atom. The molecule has 0 fully saturated rings. The quantitative estimate of drug-likeness (QED) is 0.0490. The lowest BCUT2D eigenvalue weighted by Gasteiger charge is -2.10. The molecule has 61 heavy (non-hydrogen) atoms. The zero-order chi connectivity index (χ0) is 43.9. The van der Waals surface area contributed by atoms with Gasteiger partial charge in [-0.2, -0.15) is 5.26 Å². The highest BCUT2D eigenvalue weighted by molar-refractivity contribution is 9.11. The number of anilines is 3. The summed E-state index contributed by atoms with van der Waals surface area (Å²) >= 11 is 9.85. The fourth-order valence-corrected chi connectivity index (χ4v) is 5.85. The molecule has 0 aliphatic heterocycles. The number of hydrogen-bond acceptors (Lipinski definition) is 10. The van der Waals surface area contributed by atoms with Gasteiger partial charge in [0, 0.05) is 25.2 Å². The number of nitrogens with two attached hydrogens (primary N) is 1. The summed E-state index contributed by atoms with van der Waals surface area (Å²) in [5.74, 6) is -1.47. The van der Waals surface area contributed by atoms with E-state index in [2.05, 4.69) is 78.2 Å². The Morgan fingerprint density at radius 1 is 0.656 bits per heavy atom. The van der Waals surface area contributed by atoms with Crippen LogP contribution in [0.1, 0.15) is 5.56 Å². The average molecular weight is 1010 g/mol. The summed E-state index contributed by atoms with van der Waals surface area (Å²) in [4.78, 5) is 54.5. The van der Waals surface area contributed by atoms with E-state index in [-0.39, 0.29) is 11.4 Å².